The molecule has 0 spiro atoms. The Kier molecular flexibility index (Phi) is 5.15. The highest BCUT2D eigenvalue weighted by Crippen LogP contribution is 2.34. The van der Waals surface area contributed by atoms with Crippen molar-refractivity contribution >= 4 is 39.2 Å². The Hall–Kier alpha value is -1.22. The Morgan fingerprint density at radius 3 is 3.04 bits per heavy atom. The minimum absolute atomic E-state index is 0.0366. The fourth-order valence-electron chi connectivity index (χ4n) is 2.62. The highest BCUT2D eigenvalue weighted by molar-refractivity contribution is 8.00. The summed E-state index contributed by atoms with van der Waals surface area (Å²) in [5, 5.41) is 17.6. The minimum atomic E-state index is -0.374. The summed E-state index contributed by atoms with van der Waals surface area (Å²) in [7, 11) is 0. The number of β-amino-alcohol motifs (C(OH)–C–C–N with tert-alkyl or cyclic N) is 1. The van der Waals surface area contributed by atoms with Crippen LogP contribution in [0.5, 0.6) is 0 Å². The number of nitrogens with one attached hydrogen (secondary N) is 2. The Balaban J connectivity index is 1.59. The number of aliphatic hydroxyl groups excluding tert-OH is 1. The minimum Gasteiger partial charge on any atom is -0.391 e. The predicted octanol–water partition coefficient (Wildman–Crippen LogP) is 1.10. The van der Waals surface area contributed by atoms with Crippen molar-refractivity contribution in [3.63, 3.8) is 0 Å². The van der Waals surface area contributed by atoms with Gasteiger partial charge in [0.05, 0.1) is 11.9 Å². The molecule has 1 aliphatic rings. The molecule has 1 fully saturated rings. The van der Waals surface area contributed by atoms with Gasteiger partial charge in [0, 0.05) is 35.8 Å². The van der Waals surface area contributed by atoms with Gasteiger partial charge in [0.2, 0.25) is 5.91 Å². The van der Waals surface area contributed by atoms with Gasteiger partial charge in [-0.15, -0.1) is 11.3 Å². The van der Waals surface area contributed by atoms with Crippen LogP contribution in [0.4, 0.5) is 0 Å². The van der Waals surface area contributed by atoms with Crippen LogP contribution in [0.3, 0.4) is 0 Å². The van der Waals surface area contributed by atoms with E-state index in [2.05, 4.69) is 34.4 Å². The Bertz CT molecular complexity index is 719. The zero-order valence-electron chi connectivity index (χ0n) is 13.1. The third-order valence-corrected chi connectivity index (χ3v) is 6.24. The third kappa shape index (κ3) is 3.65. The number of amides is 1. The summed E-state index contributed by atoms with van der Waals surface area (Å²) in [5.41, 5.74) is 1.19. The Morgan fingerprint density at radius 2 is 2.30 bits per heavy atom. The first-order chi connectivity index (χ1) is 11.1. The molecule has 0 saturated carbocycles. The molecule has 3 N–H and O–H groups in total. The number of aliphatic hydroxyl groups is 1. The Labute approximate surface area is 143 Å². The number of rotatable bonds is 5. The average Bonchev–Trinajstić information content (AvgIpc) is 3.07. The summed E-state index contributed by atoms with van der Waals surface area (Å²) in [6.45, 7) is 5.99. The molecule has 2 aromatic rings. The highest BCUT2D eigenvalue weighted by atomic mass is 32.2. The molecule has 2 atom stereocenters. The van der Waals surface area contributed by atoms with Gasteiger partial charge in [0.25, 0.3) is 0 Å². The summed E-state index contributed by atoms with van der Waals surface area (Å²) in [5.74, 6) is 0.374. The summed E-state index contributed by atoms with van der Waals surface area (Å²) < 4.78 is 0. The zero-order valence-corrected chi connectivity index (χ0v) is 14.8. The van der Waals surface area contributed by atoms with Crippen LogP contribution in [0.2, 0.25) is 0 Å². The second kappa shape index (κ2) is 7.12. The summed E-state index contributed by atoms with van der Waals surface area (Å²) in [4.78, 5) is 22.9. The number of hydrogen-bond donors (Lipinski definition) is 3. The van der Waals surface area contributed by atoms with Crippen molar-refractivity contribution in [2.45, 2.75) is 25.0 Å². The van der Waals surface area contributed by atoms with Crippen LogP contribution in [-0.4, -0.2) is 52.5 Å². The predicted molar refractivity (Wildman–Crippen MR) is 93.0 cm³/mol. The topological polar surface area (TPSA) is 87.1 Å². The van der Waals surface area contributed by atoms with Crippen LogP contribution in [-0.2, 0) is 4.79 Å². The maximum absolute atomic E-state index is 12.0. The molecule has 23 heavy (non-hydrogen) atoms. The summed E-state index contributed by atoms with van der Waals surface area (Å²) in [6, 6.07) is 0. The summed E-state index contributed by atoms with van der Waals surface area (Å²) >= 11 is 3.09. The molecule has 8 heteroatoms. The van der Waals surface area contributed by atoms with Crippen LogP contribution in [0, 0.1) is 19.8 Å². The number of aromatic nitrogens is 2. The van der Waals surface area contributed by atoms with Crippen LogP contribution in [0.15, 0.2) is 11.4 Å². The SMILES string of the molecule is Cc1sc2ncnc(SCC(=O)NCC3CNCC3O)c2c1C. The molecule has 1 saturated heterocycles. The lowest BCUT2D eigenvalue weighted by atomic mass is 10.1. The van der Waals surface area contributed by atoms with Crippen LogP contribution < -0.4 is 10.6 Å². The van der Waals surface area contributed by atoms with E-state index >= 15 is 0 Å². The lowest BCUT2D eigenvalue weighted by Crippen LogP contribution is -2.35. The highest BCUT2D eigenvalue weighted by Gasteiger charge is 2.25. The molecule has 1 aliphatic heterocycles. The number of fused-ring (bicyclic) bond motifs is 1. The van der Waals surface area contributed by atoms with Gasteiger partial charge in [-0.2, -0.15) is 0 Å². The van der Waals surface area contributed by atoms with Crippen LogP contribution in [0.25, 0.3) is 10.2 Å². The Morgan fingerprint density at radius 1 is 1.48 bits per heavy atom. The monoisotopic (exact) mass is 352 g/mol. The number of thioether (sulfide) groups is 1. The van der Waals surface area contributed by atoms with Crippen molar-refractivity contribution < 1.29 is 9.90 Å². The lowest BCUT2D eigenvalue weighted by molar-refractivity contribution is -0.118. The molecule has 2 aromatic heterocycles. The van der Waals surface area contributed by atoms with Gasteiger partial charge in [-0.3, -0.25) is 4.79 Å². The van der Waals surface area contributed by atoms with E-state index in [1.807, 2.05) is 0 Å². The smallest absolute Gasteiger partial charge is 0.230 e. The van der Waals surface area contributed by atoms with Gasteiger partial charge in [0.1, 0.15) is 16.2 Å². The largest absolute Gasteiger partial charge is 0.391 e. The number of nitrogens with zero attached hydrogens (tertiary/aromatic N) is 2. The molecule has 1 amide bonds. The van der Waals surface area contributed by atoms with Crippen molar-refractivity contribution in [2.75, 3.05) is 25.4 Å². The van der Waals surface area contributed by atoms with E-state index in [1.54, 1.807) is 17.7 Å². The molecule has 3 heterocycles. The van der Waals surface area contributed by atoms with Gasteiger partial charge < -0.3 is 15.7 Å². The number of thiophene rings is 1. The molecule has 0 aromatic carbocycles. The van der Waals surface area contributed by atoms with E-state index < -0.39 is 0 Å². The van der Waals surface area contributed by atoms with Crippen molar-refractivity contribution in [1.82, 2.24) is 20.6 Å². The molecule has 124 valence electrons. The van der Waals surface area contributed by atoms with Gasteiger partial charge in [-0.25, -0.2) is 9.97 Å². The van der Waals surface area contributed by atoms with Crippen molar-refractivity contribution in [3.8, 4) is 0 Å². The van der Waals surface area contributed by atoms with E-state index in [9.17, 15) is 9.90 Å². The van der Waals surface area contributed by atoms with Gasteiger partial charge >= 0.3 is 0 Å². The van der Waals surface area contributed by atoms with Crippen LogP contribution in [0.1, 0.15) is 10.4 Å². The quantitative estimate of drug-likeness (QED) is 0.552. The maximum atomic E-state index is 12.0. The molecule has 0 radical (unpaired) electrons. The normalized spacial score (nSPS) is 21.0. The number of aryl methyl sites for hydroxylation is 2. The number of carbonyl (C=O) groups is 1. The van der Waals surface area contributed by atoms with E-state index in [4.69, 9.17) is 0 Å². The van der Waals surface area contributed by atoms with Crippen LogP contribution >= 0.6 is 23.1 Å². The van der Waals surface area contributed by atoms with E-state index in [0.717, 1.165) is 21.8 Å². The van der Waals surface area contributed by atoms with Gasteiger partial charge in [0.15, 0.2) is 0 Å². The second-order valence-corrected chi connectivity index (χ2v) is 7.89. The van der Waals surface area contributed by atoms with Crippen molar-refractivity contribution in [2.24, 2.45) is 5.92 Å². The molecule has 0 bridgehead atoms. The molecular formula is C15H20N4O2S2. The fourth-order valence-corrected chi connectivity index (χ4v) is 4.56. The van der Waals surface area contributed by atoms with Gasteiger partial charge in [-0.1, -0.05) is 11.8 Å². The molecule has 0 aliphatic carbocycles. The molecule has 2 unspecified atom stereocenters. The van der Waals surface area contributed by atoms with Crippen molar-refractivity contribution in [3.05, 3.63) is 16.8 Å². The van der Waals surface area contributed by atoms with Gasteiger partial charge in [-0.05, 0) is 19.4 Å². The van der Waals surface area contributed by atoms with Crippen molar-refractivity contribution in [1.29, 1.82) is 0 Å². The first-order valence-electron chi connectivity index (χ1n) is 7.55. The summed E-state index contributed by atoms with van der Waals surface area (Å²) in [6.07, 6.45) is 1.18. The second-order valence-electron chi connectivity index (χ2n) is 5.72. The number of carbonyl (C=O) groups excluding carboxylic acids is 1. The standard InChI is InChI=1S/C15H20N4O2S2/c1-8-9(2)23-15-13(8)14(18-7-19-15)22-6-12(21)17-4-10-3-16-5-11(10)20/h7,10-11,16,20H,3-6H2,1-2H3,(H,17,21). The maximum Gasteiger partial charge on any atom is 0.230 e. The lowest BCUT2D eigenvalue weighted by Gasteiger charge is -2.13. The fraction of sp³-hybridized carbons (Fsp3) is 0.533. The molecule has 6 nitrogen and oxygen atoms in total. The number of hydrogen-bond acceptors (Lipinski definition) is 7. The third-order valence-electron chi connectivity index (χ3n) is 4.14. The molecule has 3 rings (SSSR count). The van der Waals surface area contributed by atoms with E-state index in [1.165, 1.54) is 22.2 Å². The first kappa shape index (κ1) is 16.6. The van der Waals surface area contributed by atoms with E-state index in [0.29, 0.717) is 18.8 Å². The first-order valence-corrected chi connectivity index (χ1v) is 9.35. The zero-order chi connectivity index (χ0) is 16.4. The van der Waals surface area contributed by atoms with E-state index in [-0.39, 0.29) is 17.9 Å². The average molecular weight is 352 g/mol. The molecular weight excluding hydrogens is 332 g/mol.